The first-order valence-corrected chi connectivity index (χ1v) is 15.0. The molecule has 1 radical (unpaired) electrons. The molecule has 0 spiro atoms. The van der Waals surface area contributed by atoms with E-state index in [1.165, 1.54) is 12.5 Å². The highest BCUT2D eigenvalue weighted by molar-refractivity contribution is 6.04. The lowest BCUT2D eigenvalue weighted by atomic mass is 9.97. The van der Waals surface area contributed by atoms with Gasteiger partial charge in [0.15, 0.2) is 5.65 Å². The maximum Gasteiger partial charge on any atom is 0.273 e. The molecular formula is C37H40N5O2. The summed E-state index contributed by atoms with van der Waals surface area (Å²) in [6, 6.07) is 16.5. The lowest BCUT2D eigenvalue weighted by molar-refractivity contribution is 0.102. The maximum absolute atomic E-state index is 12.7. The molecule has 7 heteroatoms. The third kappa shape index (κ3) is 6.65. The van der Waals surface area contributed by atoms with Crippen LogP contribution in [-0.4, -0.2) is 24.7 Å². The Balaban J connectivity index is 0.000000510. The van der Waals surface area contributed by atoms with Crippen LogP contribution in [0, 0.1) is 30.6 Å². The van der Waals surface area contributed by atoms with Crippen molar-refractivity contribution in [1.29, 1.82) is 0 Å². The van der Waals surface area contributed by atoms with Crippen molar-refractivity contribution in [2.75, 3.05) is 5.32 Å². The molecule has 2 atom stereocenters. The number of aryl methyl sites for hydroxylation is 1. The molecular weight excluding hydrogens is 546 g/mol. The summed E-state index contributed by atoms with van der Waals surface area (Å²) in [5.74, 6) is 6.41. The van der Waals surface area contributed by atoms with Gasteiger partial charge in [0.25, 0.3) is 11.5 Å². The number of carbonyl (C=O) groups is 1. The number of hydrogen-bond donors (Lipinski definition) is 1. The van der Waals surface area contributed by atoms with Crippen LogP contribution in [0.25, 0.3) is 22.3 Å². The fourth-order valence-electron chi connectivity index (χ4n) is 5.31. The van der Waals surface area contributed by atoms with Crippen LogP contribution in [0.15, 0.2) is 90.6 Å². The van der Waals surface area contributed by atoms with Crippen LogP contribution in [0.3, 0.4) is 0 Å². The van der Waals surface area contributed by atoms with Crippen molar-refractivity contribution >= 4 is 22.9 Å². The van der Waals surface area contributed by atoms with E-state index >= 15 is 0 Å². The lowest BCUT2D eigenvalue weighted by Gasteiger charge is -2.14. The zero-order chi connectivity index (χ0) is 31.3. The molecule has 1 aliphatic carbocycles. The van der Waals surface area contributed by atoms with Gasteiger partial charge in [-0.3, -0.25) is 9.59 Å². The zero-order valence-corrected chi connectivity index (χ0v) is 25.8. The number of anilines is 1. The summed E-state index contributed by atoms with van der Waals surface area (Å²) in [6.07, 6.45) is 14.2. The van der Waals surface area contributed by atoms with Gasteiger partial charge in [-0.15, -0.1) is 12.5 Å². The van der Waals surface area contributed by atoms with E-state index in [4.69, 9.17) is 0 Å². The number of unbranched alkanes of at least 4 members (excludes halogenated alkanes) is 1. The molecule has 1 saturated carbocycles. The van der Waals surface area contributed by atoms with Crippen molar-refractivity contribution in [3.63, 3.8) is 0 Å². The maximum atomic E-state index is 12.7. The van der Waals surface area contributed by atoms with Gasteiger partial charge in [0.1, 0.15) is 5.82 Å². The minimum absolute atomic E-state index is 0. The Morgan fingerprint density at radius 3 is 2.55 bits per heavy atom. The summed E-state index contributed by atoms with van der Waals surface area (Å²) in [6.45, 7) is 12.2. The molecule has 225 valence electrons. The number of benzene rings is 1. The largest absolute Gasteiger partial charge is 0.315 e. The third-order valence-electron chi connectivity index (χ3n) is 7.92. The molecule has 1 fully saturated rings. The van der Waals surface area contributed by atoms with Crippen molar-refractivity contribution in [3.05, 3.63) is 120 Å². The molecule has 0 saturated heterocycles. The Bertz CT molecular complexity index is 1930. The van der Waals surface area contributed by atoms with Crippen LogP contribution in [0.4, 0.5) is 5.82 Å². The fraction of sp³-hybridized carbons (Fsp3) is 0.270. The number of aromatic nitrogens is 4. The first-order chi connectivity index (χ1) is 21.3. The van der Waals surface area contributed by atoms with Gasteiger partial charge in [-0.25, -0.2) is 4.98 Å². The smallest absolute Gasteiger partial charge is 0.273 e. The second-order valence-electron chi connectivity index (χ2n) is 11.4. The molecule has 6 rings (SSSR count). The summed E-state index contributed by atoms with van der Waals surface area (Å²) < 4.78 is 4.06. The van der Waals surface area contributed by atoms with Crippen LogP contribution < -0.4 is 10.9 Å². The van der Waals surface area contributed by atoms with Gasteiger partial charge in [0, 0.05) is 59.9 Å². The molecule has 1 amide bonds. The topological polar surface area (TPSA) is 80.8 Å². The predicted octanol–water partition coefficient (Wildman–Crippen LogP) is 7.90. The Labute approximate surface area is 260 Å². The van der Waals surface area contributed by atoms with Gasteiger partial charge in [0.05, 0.1) is 5.52 Å². The highest BCUT2D eigenvalue weighted by Gasteiger charge is 2.35. The van der Waals surface area contributed by atoms with E-state index in [9.17, 15) is 9.59 Å². The quantitative estimate of drug-likeness (QED) is 0.148. The minimum atomic E-state index is -0.271. The average Bonchev–Trinajstić information content (AvgIpc) is 3.63. The molecule has 1 unspecified atom stereocenters. The number of nitrogens with one attached hydrogen (secondary N) is 1. The van der Waals surface area contributed by atoms with Gasteiger partial charge in [0.2, 0.25) is 0 Å². The molecule has 0 bridgehead atoms. The summed E-state index contributed by atoms with van der Waals surface area (Å²) in [4.78, 5) is 33.7. The van der Waals surface area contributed by atoms with Crippen LogP contribution >= 0.6 is 0 Å². The first kappa shape index (κ1) is 30.5. The van der Waals surface area contributed by atoms with Crippen molar-refractivity contribution in [1.82, 2.24) is 18.8 Å². The van der Waals surface area contributed by atoms with Crippen molar-refractivity contribution in [2.45, 2.75) is 59.3 Å². The molecule has 1 aromatic carbocycles. The highest BCUT2D eigenvalue weighted by Crippen LogP contribution is 2.42. The number of allylic oxidation sites excluding steroid dienone is 1. The van der Waals surface area contributed by atoms with E-state index in [1.807, 2.05) is 54.9 Å². The number of rotatable bonds is 8. The van der Waals surface area contributed by atoms with Gasteiger partial charge >= 0.3 is 0 Å². The Morgan fingerprint density at radius 1 is 1.18 bits per heavy atom. The van der Waals surface area contributed by atoms with Crippen molar-refractivity contribution in [2.24, 2.45) is 5.41 Å². The van der Waals surface area contributed by atoms with Gasteiger partial charge < -0.3 is 14.1 Å². The Morgan fingerprint density at radius 2 is 1.93 bits per heavy atom. The van der Waals surface area contributed by atoms with E-state index in [2.05, 4.69) is 64.4 Å². The Hall–Kier alpha value is -4.96. The SMILES string of the molecule is C=C[C@@H](CCCC)c1cc(-c2ccc(C(=O)Nc3ccccn3)cc2)c2c3nc(=O)cc(C)n3ccn12.CC#CC1(C)[CH]C1.[HH]. The number of fused-ring (bicyclic) bond motifs is 3. The summed E-state index contributed by atoms with van der Waals surface area (Å²) in [5, 5.41) is 2.82. The molecule has 7 nitrogen and oxygen atoms in total. The molecule has 1 N–H and O–H groups in total. The Kier molecular flexibility index (Phi) is 9.10. The number of hydrogen-bond acceptors (Lipinski definition) is 4. The van der Waals surface area contributed by atoms with Crippen LogP contribution in [0.2, 0.25) is 0 Å². The van der Waals surface area contributed by atoms with E-state index in [0.717, 1.165) is 47.3 Å². The molecule has 44 heavy (non-hydrogen) atoms. The standard InChI is InChI=1S/C30H29N5O2.C7H9.H2/c1-4-6-9-21(5-2)25-19-24(28-29-33-27(36)18-20(3)34(29)16-17-35(25)28)22-11-13-23(14-12-22)30(37)32-26-10-7-8-15-31-26;1-3-4-7(2)5-6-7;/h5,7-8,10-19,21H,2,4,6,9H2,1,3H3,(H,31,32,37);5H,6H2,1-2H3;1H/t21-;;/m0../s1. The number of amides is 1. The summed E-state index contributed by atoms with van der Waals surface area (Å²) >= 11 is 0. The zero-order valence-electron chi connectivity index (χ0n) is 25.8. The number of nitrogens with zero attached hydrogens (tertiary/aromatic N) is 4. The lowest BCUT2D eigenvalue weighted by Crippen LogP contribution is -2.12. The van der Waals surface area contributed by atoms with E-state index < -0.39 is 0 Å². The van der Waals surface area contributed by atoms with Crippen molar-refractivity contribution < 1.29 is 6.22 Å². The minimum Gasteiger partial charge on any atom is -0.315 e. The molecule has 4 aromatic heterocycles. The second-order valence-corrected chi connectivity index (χ2v) is 11.4. The monoisotopic (exact) mass is 586 g/mol. The van der Waals surface area contributed by atoms with Gasteiger partial charge in [-0.1, -0.05) is 50.0 Å². The van der Waals surface area contributed by atoms with Gasteiger partial charge in [-0.2, -0.15) is 4.98 Å². The van der Waals surface area contributed by atoms with Gasteiger partial charge in [-0.05, 0) is 75.9 Å². The average molecular weight is 587 g/mol. The van der Waals surface area contributed by atoms with E-state index in [1.54, 1.807) is 30.5 Å². The fourth-order valence-corrected chi connectivity index (χ4v) is 5.31. The molecule has 5 aromatic rings. The number of carbonyl (C=O) groups excluding carboxylic acids is 1. The van der Waals surface area contributed by atoms with E-state index in [0.29, 0.717) is 22.4 Å². The molecule has 0 aliphatic heterocycles. The third-order valence-corrected chi connectivity index (χ3v) is 7.92. The first-order valence-electron chi connectivity index (χ1n) is 15.0. The van der Waals surface area contributed by atoms with Crippen LogP contribution in [0.5, 0.6) is 0 Å². The predicted molar refractivity (Wildman–Crippen MR) is 180 cm³/mol. The van der Waals surface area contributed by atoms with Crippen LogP contribution in [-0.2, 0) is 0 Å². The van der Waals surface area contributed by atoms with E-state index in [-0.39, 0.29) is 18.8 Å². The van der Waals surface area contributed by atoms with Crippen molar-refractivity contribution in [3.8, 4) is 23.0 Å². The molecule has 1 aliphatic rings. The van der Waals surface area contributed by atoms with Crippen LogP contribution in [0.1, 0.15) is 75.5 Å². The normalized spacial score (nSPS) is 13.7. The summed E-state index contributed by atoms with van der Waals surface area (Å²) in [5.41, 5.74) is 5.83. The highest BCUT2D eigenvalue weighted by atomic mass is 16.1. The molecule has 4 heterocycles. The second kappa shape index (κ2) is 13.1. The summed E-state index contributed by atoms with van der Waals surface area (Å²) in [7, 11) is 0. The number of pyridine rings is 1.